The second-order valence-corrected chi connectivity index (χ2v) is 5.94. The van der Waals surface area contributed by atoms with E-state index in [-0.39, 0.29) is 11.9 Å². The van der Waals surface area contributed by atoms with Gasteiger partial charge in [-0.05, 0) is 29.8 Å². The fraction of sp³-hybridized carbons (Fsp3) is 0.222. The third-order valence-corrected chi connectivity index (χ3v) is 4.40. The number of urea groups is 1. The largest absolute Gasteiger partial charge is 0.497 e. The predicted octanol–water partition coefficient (Wildman–Crippen LogP) is 1.94. The average Bonchev–Trinajstić information content (AvgIpc) is 3.23. The summed E-state index contributed by atoms with van der Waals surface area (Å²) in [7, 11) is 1.59. The highest BCUT2D eigenvalue weighted by Crippen LogP contribution is 2.33. The van der Waals surface area contributed by atoms with E-state index in [1.165, 1.54) is 0 Å². The summed E-state index contributed by atoms with van der Waals surface area (Å²) >= 11 is 0. The Bertz CT molecular complexity index is 840. The van der Waals surface area contributed by atoms with Crippen LogP contribution in [0.25, 0.3) is 0 Å². The van der Waals surface area contributed by atoms with Crippen LogP contribution in [-0.2, 0) is 11.3 Å². The number of carbonyl (C=O) groups is 2. The Balaban J connectivity index is 1.63. The van der Waals surface area contributed by atoms with E-state index in [1.54, 1.807) is 24.3 Å². The van der Waals surface area contributed by atoms with E-state index in [2.05, 4.69) is 10.6 Å². The molecule has 0 saturated carbocycles. The first-order chi connectivity index (χ1) is 12.2. The molecule has 1 aromatic heterocycles. The number of amides is 3. The highest BCUT2D eigenvalue weighted by atomic mass is 16.5. The van der Waals surface area contributed by atoms with Crippen molar-refractivity contribution in [3.63, 3.8) is 0 Å². The van der Waals surface area contributed by atoms with E-state index in [1.807, 2.05) is 30.3 Å². The summed E-state index contributed by atoms with van der Waals surface area (Å²) in [6.45, 7) is 0.721. The molecule has 0 radical (unpaired) electrons. The van der Waals surface area contributed by atoms with Crippen molar-refractivity contribution in [1.29, 1.82) is 0 Å². The molecular weight excluding hydrogens is 322 g/mol. The zero-order valence-electron chi connectivity index (χ0n) is 13.6. The number of furan rings is 1. The van der Waals surface area contributed by atoms with Gasteiger partial charge in [-0.15, -0.1) is 0 Å². The zero-order valence-corrected chi connectivity index (χ0v) is 13.6. The zero-order chi connectivity index (χ0) is 17.4. The molecule has 4 rings (SSSR count). The molecular formula is C18H17N3O4. The summed E-state index contributed by atoms with van der Waals surface area (Å²) < 4.78 is 10.5. The van der Waals surface area contributed by atoms with Crippen LogP contribution < -0.4 is 15.4 Å². The molecule has 2 aromatic rings. The maximum Gasteiger partial charge on any atom is 0.319 e. The van der Waals surface area contributed by atoms with Crippen LogP contribution in [0.1, 0.15) is 17.4 Å². The minimum atomic E-state index is -0.483. The van der Waals surface area contributed by atoms with Gasteiger partial charge in [0, 0.05) is 0 Å². The van der Waals surface area contributed by atoms with Crippen molar-refractivity contribution in [3.8, 4) is 5.75 Å². The lowest BCUT2D eigenvalue weighted by molar-refractivity contribution is -0.126. The number of rotatable bonds is 4. The van der Waals surface area contributed by atoms with Crippen molar-refractivity contribution in [2.24, 2.45) is 0 Å². The molecule has 7 heteroatoms. The lowest BCUT2D eigenvalue weighted by atomic mass is 9.96. The molecule has 2 aliphatic heterocycles. The Morgan fingerprint density at radius 1 is 1.24 bits per heavy atom. The maximum absolute atomic E-state index is 12.9. The van der Waals surface area contributed by atoms with Gasteiger partial charge in [-0.25, -0.2) is 4.79 Å². The molecule has 0 unspecified atom stereocenters. The van der Waals surface area contributed by atoms with Crippen LogP contribution in [0.15, 0.2) is 58.3 Å². The first-order valence-electron chi connectivity index (χ1n) is 7.92. The molecule has 0 saturated heterocycles. The number of nitrogens with one attached hydrogen (secondary N) is 2. The van der Waals surface area contributed by atoms with Crippen LogP contribution in [0.2, 0.25) is 0 Å². The van der Waals surface area contributed by atoms with Gasteiger partial charge in [-0.2, -0.15) is 0 Å². The molecule has 7 nitrogen and oxygen atoms in total. The van der Waals surface area contributed by atoms with Crippen LogP contribution >= 0.6 is 0 Å². The van der Waals surface area contributed by atoms with Crippen molar-refractivity contribution >= 4 is 11.9 Å². The highest BCUT2D eigenvalue weighted by Gasteiger charge is 2.40. The van der Waals surface area contributed by atoms with Crippen molar-refractivity contribution < 1.29 is 18.7 Å². The SMILES string of the molecule is COc1ccc([C@H]2NC(=O)NC3=C2C(=O)N(Cc2ccco2)C3)cc1. The molecule has 2 aliphatic rings. The van der Waals surface area contributed by atoms with Crippen LogP contribution in [0, 0.1) is 0 Å². The number of benzene rings is 1. The summed E-state index contributed by atoms with van der Waals surface area (Å²) in [6.07, 6.45) is 1.58. The quantitative estimate of drug-likeness (QED) is 0.892. The van der Waals surface area contributed by atoms with E-state index < -0.39 is 6.04 Å². The van der Waals surface area contributed by atoms with E-state index >= 15 is 0 Å². The summed E-state index contributed by atoms with van der Waals surface area (Å²) in [5.74, 6) is 1.31. The van der Waals surface area contributed by atoms with Crippen molar-refractivity contribution in [2.75, 3.05) is 13.7 Å². The lowest BCUT2D eigenvalue weighted by Crippen LogP contribution is -2.44. The van der Waals surface area contributed by atoms with Gasteiger partial charge in [0.2, 0.25) is 0 Å². The predicted molar refractivity (Wildman–Crippen MR) is 88.6 cm³/mol. The third-order valence-electron chi connectivity index (χ3n) is 4.40. The fourth-order valence-corrected chi connectivity index (χ4v) is 3.19. The molecule has 128 valence electrons. The van der Waals surface area contributed by atoms with E-state index in [0.717, 1.165) is 11.3 Å². The van der Waals surface area contributed by atoms with Gasteiger partial charge in [0.05, 0.1) is 43.8 Å². The fourth-order valence-electron chi connectivity index (χ4n) is 3.19. The van der Waals surface area contributed by atoms with Gasteiger partial charge in [0.25, 0.3) is 5.91 Å². The third kappa shape index (κ3) is 2.73. The molecule has 1 aromatic carbocycles. The number of methoxy groups -OCH3 is 1. The van der Waals surface area contributed by atoms with Gasteiger partial charge in [-0.3, -0.25) is 4.79 Å². The normalized spacial score (nSPS) is 19.6. The number of hydrogen-bond acceptors (Lipinski definition) is 4. The molecule has 2 N–H and O–H groups in total. The van der Waals surface area contributed by atoms with Crippen LogP contribution in [0.4, 0.5) is 4.79 Å². The van der Waals surface area contributed by atoms with Crippen LogP contribution in [-0.4, -0.2) is 30.5 Å². The molecule has 3 amide bonds. The van der Waals surface area contributed by atoms with Gasteiger partial charge in [0.1, 0.15) is 11.5 Å². The number of ether oxygens (including phenoxy) is 1. The van der Waals surface area contributed by atoms with E-state index in [9.17, 15) is 9.59 Å². The maximum atomic E-state index is 12.9. The Kier molecular flexibility index (Phi) is 3.68. The number of hydrogen-bond donors (Lipinski definition) is 2. The number of carbonyl (C=O) groups excluding carboxylic acids is 2. The lowest BCUT2D eigenvalue weighted by Gasteiger charge is -2.25. The molecule has 0 bridgehead atoms. The van der Waals surface area contributed by atoms with Gasteiger partial charge >= 0.3 is 6.03 Å². The topological polar surface area (TPSA) is 83.8 Å². The summed E-state index contributed by atoms with van der Waals surface area (Å²) in [4.78, 5) is 26.6. The average molecular weight is 339 g/mol. The first kappa shape index (κ1) is 15.3. The summed E-state index contributed by atoms with van der Waals surface area (Å²) in [5.41, 5.74) is 2.04. The molecule has 0 spiro atoms. The Labute approximate surface area is 144 Å². The second kappa shape index (κ2) is 6.01. The van der Waals surface area contributed by atoms with E-state index in [4.69, 9.17) is 9.15 Å². The Morgan fingerprint density at radius 3 is 2.72 bits per heavy atom. The molecule has 1 atom stereocenters. The van der Waals surface area contributed by atoms with Gasteiger partial charge in [0.15, 0.2) is 0 Å². The van der Waals surface area contributed by atoms with Gasteiger partial charge < -0.3 is 24.7 Å². The molecule has 3 heterocycles. The number of nitrogens with zero attached hydrogens (tertiary/aromatic N) is 1. The Morgan fingerprint density at radius 2 is 2.04 bits per heavy atom. The first-order valence-corrected chi connectivity index (χ1v) is 7.92. The molecule has 25 heavy (non-hydrogen) atoms. The minimum Gasteiger partial charge on any atom is -0.497 e. The minimum absolute atomic E-state index is 0.111. The van der Waals surface area contributed by atoms with E-state index in [0.29, 0.717) is 30.1 Å². The summed E-state index contributed by atoms with van der Waals surface area (Å²) in [5, 5.41) is 5.58. The smallest absolute Gasteiger partial charge is 0.319 e. The van der Waals surface area contributed by atoms with Gasteiger partial charge in [-0.1, -0.05) is 12.1 Å². The monoisotopic (exact) mass is 339 g/mol. The van der Waals surface area contributed by atoms with Crippen LogP contribution in [0.3, 0.4) is 0 Å². The summed E-state index contributed by atoms with van der Waals surface area (Å²) in [6, 6.07) is 10.1. The van der Waals surface area contributed by atoms with Crippen molar-refractivity contribution in [3.05, 3.63) is 65.3 Å². The molecule has 0 aliphatic carbocycles. The van der Waals surface area contributed by atoms with Crippen LogP contribution in [0.5, 0.6) is 5.75 Å². The highest BCUT2D eigenvalue weighted by molar-refractivity contribution is 6.01. The van der Waals surface area contributed by atoms with Crippen molar-refractivity contribution in [2.45, 2.75) is 12.6 Å². The Hall–Kier alpha value is -3.22. The molecule has 0 fully saturated rings. The van der Waals surface area contributed by atoms with Crippen molar-refractivity contribution in [1.82, 2.24) is 15.5 Å². The second-order valence-electron chi connectivity index (χ2n) is 5.94. The standard InChI is InChI=1S/C18H17N3O4/c1-24-12-6-4-11(5-7-12)16-15-14(19-18(23)20-16)10-21(17(15)22)9-13-3-2-8-25-13/h2-8,16H,9-10H2,1H3,(H2,19,20,23)/t16-/m1/s1.